The fourth-order valence-electron chi connectivity index (χ4n) is 4.30. The number of hydrogen-bond donors (Lipinski definition) is 4. The fraction of sp³-hybridized carbons (Fsp3) is 0.429. The summed E-state index contributed by atoms with van der Waals surface area (Å²) >= 11 is 1.03. The molecule has 3 atom stereocenters. The van der Waals surface area contributed by atoms with Gasteiger partial charge in [-0.1, -0.05) is 18.2 Å². The van der Waals surface area contributed by atoms with Crippen LogP contribution in [0.15, 0.2) is 30.5 Å². The second kappa shape index (κ2) is 9.01. The van der Waals surface area contributed by atoms with E-state index in [0.717, 1.165) is 28.2 Å². The molecule has 10 heteroatoms. The molecule has 0 bridgehead atoms. The molecule has 2 aliphatic rings. The number of piperidine rings is 1. The lowest BCUT2D eigenvalue weighted by Crippen LogP contribution is -2.67. The van der Waals surface area contributed by atoms with Crippen molar-refractivity contribution in [3.63, 3.8) is 0 Å². The minimum atomic E-state index is -0.967. The quantitative estimate of drug-likeness (QED) is 0.492. The van der Waals surface area contributed by atoms with Gasteiger partial charge < -0.3 is 25.6 Å². The lowest BCUT2D eigenvalue weighted by Gasteiger charge is -2.44. The summed E-state index contributed by atoms with van der Waals surface area (Å²) < 4.78 is 0. The lowest BCUT2D eigenvalue weighted by molar-refractivity contribution is -0.151. The summed E-state index contributed by atoms with van der Waals surface area (Å²) in [5, 5.41) is 15.4. The van der Waals surface area contributed by atoms with Gasteiger partial charge in [-0.2, -0.15) is 0 Å². The predicted octanol–water partition coefficient (Wildman–Crippen LogP) is 0.502. The Bertz CT molecular complexity index is 1020. The average molecular weight is 445 g/mol. The molecule has 2 fully saturated rings. The molecule has 4 N–H and O–H groups in total. The van der Waals surface area contributed by atoms with E-state index >= 15 is 0 Å². The highest BCUT2D eigenvalue weighted by Gasteiger charge is 2.44. The van der Waals surface area contributed by atoms with Gasteiger partial charge in [-0.25, -0.2) is 0 Å². The first-order valence-electron chi connectivity index (χ1n) is 10.2. The van der Waals surface area contributed by atoms with E-state index in [4.69, 9.17) is 5.11 Å². The molecule has 0 spiro atoms. The number of aliphatic carboxylic acids is 1. The third kappa shape index (κ3) is 4.68. The number of rotatable bonds is 7. The summed E-state index contributed by atoms with van der Waals surface area (Å²) in [5.41, 5.74) is 1.97. The Hall–Kier alpha value is -3.01. The van der Waals surface area contributed by atoms with E-state index in [1.807, 2.05) is 30.5 Å². The second-order valence-electron chi connectivity index (χ2n) is 7.85. The summed E-state index contributed by atoms with van der Waals surface area (Å²) in [4.78, 5) is 53.2. The zero-order valence-corrected chi connectivity index (χ0v) is 17.6. The Morgan fingerprint density at radius 3 is 2.84 bits per heavy atom. The number of carbonyl (C=O) groups is 4. The molecule has 9 nitrogen and oxygen atoms in total. The minimum Gasteiger partial charge on any atom is -0.481 e. The first-order valence-corrected chi connectivity index (χ1v) is 11.3. The van der Waals surface area contributed by atoms with Crippen LogP contribution in [0.4, 0.5) is 0 Å². The molecular formula is C21H24N4O5S. The average Bonchev–Trinajstić information content (AvgIpc) is 3.14. The van der Waals surface area contributed by atoms with Crippen LogP contribution in [-0.2, 0) is 25.6 Å². The highest BCUT2D eigenvalue weighted by atomic mass is 32.2. The van der Waals surface area contributed by atoms with Crippen LogP contribution in [0, 0.1) is 0 Å². The van der Waals surface area contributed by atoms with Gasteiger partial charge in [-0.15, -0.1) is 11.8 Å². The standard InChI is InChI=1S/C21H24N4O5S/c26-18(10-31-11-19(27)28)23-13-5-6-25-17(8-13)20(29)24-16(21(25)30)7-12-9-22-15-4-2-1-3-14(12)15/h1-4,9,13,16-17,22H,5-8,10-11H2,(H,23,26)(H,24,29)(H,27,28)/t13-,16+,17-/m0/s1. The molecule has 1 aromatic carbocycles. The number of fused-ring (bicyclic) bond motifs is 2. The van der Waals surface area contributed by atoms with Crippen molar-refractivity contribution < 1.29 is 24.3 Å². The number of amides is 3. The maximum Gasteiger partial charge on any atom is 0.313 e. The Morgan fingerprint density at radius 2 is 2.03 bits per heavy atom. The number of para-hydroxylation sites is 1. The number of nitrogens with zero attached hydrogens (tertiary/aromatic N) is 1. The molecule has 2 aliphatic heterocycles. The molecule has 0 aliphatic carbocycles. The number of nitrogens with one attached hydrogen (secondary N) is 3. The van der Waals surface area contributed by atoms with Gasteiger partial charge >= 0.3 is 5.97 Å². The van der Waals surface area contributed by atoms with E-state index in [1.54, 1.807) is 4.90 Å². The summed E-state index contributed by atoms with van der Waals surface area (Å²) in [6, 6.07) is 6.41. The van der Waals surface area contributed by atoms with Gasteiger partial charge in [0, 0.05) is 36.1 Å². The topological polar surface area (TPSA) is 132 Å². The monoisotopic (exact) mass is 444 g/mol. The lowest BCUT2D eigenvalue weighted by atomic mass is 9.91. The largest absolute Gasteiger partial charge is 0.481 e. The molecule has 3 amide bonds. The normalized spacial score (nSPS) is 23.4. The van der Waals surface area contributed by atoms with E-state index < -0.39 is 18.1 Å². The second-order valence-corrected chi connectivity index (χ2v) is 8.83. The van der Waals surface area contributed by atoms with Crippen molar-refractivity contribution in [2.24, 2.45) is 0 Å². The van der Waals surface area contributed by atoms with Crippen molar-refractivity contribution in [3.8, 4) is 0 Å². The van der Waals surface area contributed by atoms with Crippen LogP contribution in [-0.4, -0.2) is 74.9 Å². The van der Waals surface area contributed by atoms with Crippen LogP contribution in [0.5, 0.6) is 0 Å². The van der Waals surface area contributed by atoms with Crippen molar-refractivity contribution in [2.45, 2.75) is 37.4 Å². The smallest absolute Gasteiger partial charge is 0.313 e. The number of carboxylic acids is 1. The van der Waals surface area contributed by atoms with Crippen LogP contribution in [0.3, 0.4) is 0 Å². The number of hydrogen-bond acceptors (Lipinski definition) is 5. The molecule has 0 saturated carbocycles. The Morgan fingerprint density at radius 1 is 1.23 bits per heavy atom. The van der Waals surface area contributed by atoms with Gasteiger partial charge in [-0.3, -0.25) is 19.2 Å². The molecule has 1 aromatic heterocycles. The summed E-state index contributed by atoms with van der Waals surface area (Å²) in [7, 11) is 0. The van der Waals surface area contributed by atoms with Crippen LogP contribution in [0.2, 0.25) is 0 Å². The number of carboxylic acid groups (broad SMARTS) is 1. The van der Waals surface area contributed by atoms with E-state index in [9.17, 15) is 19.2 Å². The fourth-order valence-corrected chi connectivity index (χ4v) is 4.84. The molecule has 2 saturated heterocycles. The van der Waals surface area contributed by atoms with E-state index in [0.29, 0.717) is 25.8 Å². The van der Waals surface area contributed by atoms with E-state index in [-0.39, 0.29) is 35.3 Å². The summed E-state index contributed by atoms with van der Waals surface area (Å²) in [5.74, 6) is -1.62. The molecule has 0 unspecified atom stereocenters. The third-order valence-electron chi connectivity index (χ3n) is 5.73. The minimum absolute atomic E-state index is 0.0506. The Kier molecular flexibility index (Phi) is 6.17. The van der Waals surface area contributed by atoms with Crippen molar-refractivity contribution in [2.75, 3.05) is 18.1 Å². The Balaban J connectivity index is 1.36. The number of aromatic amines is 1. The SMILES string of the molecule is O=C(O)CSCC(=O)N[C@H]1CCN2C(=O)[C@@H](Cc3c[nH]c4ccccc34)NC(=O)[C@@H]2C1. The number of piperazine rings is 1. The number of H-pyrrole nitrogens is 1. The summed E-state index contributed by atoms with van der Waals surface area (Å²) in [6.07, 6.45) is 3.20. The zero-order valence-electron chi connectivity index (χ0n) is 16.8. The number of benzene rings is 1. The first kappa shape index (κ1) is 21.2. The molecule has 164 valence electrons. The molecule has 4 rings (SSSR count). The van der Waals surface area contributed by atoms with Gasteiger partial charge in [0.2, 0.25) is 17.7 Å². The van der Waals surface area contributed by atoms with Crippen LogP contribution < -0.4 is 10.6 Å². The summed E-state index contributed by atoms with van der Waals surface area (Å²) in [6.45, 7) is 0.397. The van der Waals surface area contributed by atoms with E-state index in [2.05, 4.69) is 15.6 Å². The van der Waals surface area contributed by atoms with Crippen LogP contribution in [0.25, 0.3) is 10.9 Å². The van der Waals surface area contributed by atoms with Gasteiger partial charge in [-0.05, 0) is 24.5 Å². The van der Waals surface area contributed by atoms with Crippen LogP contribution in [0.1, 0.15) is 18.4 Å². The van der Waals surface area contributed by atoms with Gasteiger partial charge in [0.25, 0.3) is 0 Å². The molecule has 0 radical (unpaired) electrons. The third-order valence-corrected chi connectivity index (χ3v) is 6.64. The zero-order chi connectivity index (χ0) is 22.0. The van der Waals surface area contributed by atoms with Gasteiger partial charge in [0.1, 0.15) is 12.1 Å². The van der Waals surface area contributed by atoms with E-state index in [1.165, 1.54) is 0 Å². The molecule has 2 aromatic rings. The van der Waals surface area contributed by atoms with Crippen molar-refractivity contribution in [3.05, 3.63) is 36.0 Å². The first-order chi connectivity index (χ1) is 14.9. The maximum atomic E-state index is 13.1. The highest BCUT2D eigenvalue weighted by molar-refractivity contribution is 8.00. The molecular weight excluding hydrogens is 420 g/mol. The molecule has 31 heavy (non-hydrogen) atoms. The van der Waals surface area contributed by atoms with Gasteiger partial charge in [0.05, 0.1) is 11.5 Å². The predicted molar refractivity (Wildman–Crippen MR) is 116 cm³/mol. The van der Waals surface area contributed by atoms with Crippen molar-refractivity contribution in [1.82, 2.24) is 20.5 Å². The Labute approximate surface area is 182 Å². The molecule has 3 heterocycles. The highest BCUT2D eigenvalue weighted by Crippen LogP contribution is 2.25. The van der Waals surface area contributed by atoms with Crippen molar-refractivity contribution >= 4 is 46.4 Å². The number of aromatic nitrogens is 1. The van der Waals surface area contributed by atoms with Crippen molar-refractivity contribution in [1.29, 1.82) is 0 Å². The maximum absolute atomic E-state index is 13.1. The number of carbonyl (C=O) groups excluding carboxylic acids is 3. The van der Waals surface area contributed by atoms with Crippen LogP contribution >= 0.6 is 11.8 Å². The number of thioether (sulfide) groups is 1. The van der Waals surface area contributed by atoms with Gasteiger partial charge in [0.15, 0.2) is 0 Å².